The number of benzene rings is 1. The zero-order chi connectivity index (χ0) is 14.3. The molecule has 0 radical (unpaired) electrons. The van der Waals surface area contributed by atoms with Gasteiger partial charge in [0.15, 0.2) is 0 Å². The van der Waals surface area contributed by atoms with Gasteiger partial charge in [0.2, 0.25) is 10.0 Å². The molecule has 1 aromatic carbocycles. The van der Waals surface area contributed by atoms with Gasteiger partial charge in [0, 0.05) is 5.56 Å². The molecule has 1 aromatic rings. The Morgan fingerprint density at radius 1 is 1.20 bits per heavy atom. The molecule has 1 amide bonds. The zero-order valence-electron chi connectivity index (χ0n) is 11.5. The van der Waals surface area contributed by atoms with Crippen LogP contribution in [0.1, 0.15) is 41.6 Å². The summed E-state index contributed by atoms with van der Waals surface area (Å²) in [6, 6.07) is 7.03. The second-order valence-electron chi connectivity index (χ2n) is 6.00. The van der Waals surface area contributed by atoms with Crippen molar-refractivity contribution in [2.75, 3.05) is 0 Å². The van der Waals surface area contributed by atoms with Gasteiger partial charge in [0.05, 0.1) is 5.25 Å². The Kier molecular flexibility index (Phi) is 3.32. The Morgan fingerprint density at radius 3 is 2.55 bits per heavy atom. The van der Waals surface area contributed by atoms with Crippen LogP contribution in [0.2, 0.25) is 0 Å². The molecule has 2 aliphatic rings. The number of amides is 1. The van der Waals surface area contributed by atoms with Crippen molar-refractivity contribution in [1.29, 1.82) is 0 Å². The molecule has 108 valence electrons. The molecule has 2 fully saturated rings. The van der Waals surface area contributed by atoms with Crippen LogP contribution >= 0.6 is 0 Å². The zero-order valence-corrected chi connectivity index (χ0v) is 12.3. The molecule has 0 saturated heterocycles. The van der Waals surface area contributed by atoms with E-state index in [1.165, 1.54) is 0 Å². The van der Waals surface area contributed by atoms with Crippen LogP contribution in [-0.2, 0) is 10.0 Å². The molecule has 2 bridgehead atoms. The molecular weight excluding hydrogens is 274 g/mol. The molecule has 1 unspecified atom stereocenters. The first kappa shape index (κ1) is 13.6. The van der Waals surface area contributed by atoms with E-state index >= 15 is 0 Å². The van der Waals surface area contributed by atoms with E-state index in [0.29, 0.717) is 17.9 Å². The van der Waals surface area contributed by atoms with Crippen LogP contribution in [0.5, 0.6) is 0 Å². The van der Waals surface area contributed by atoms with E-state index in [9.17, 15) is 13.2 Å². The number of sulfonamides is 1. The first-order valence-corrected chi connectivity index (χ1v) is 8.63. The topological polar surface area (TPSA) is 63.2 Å². The minimum absolute atomic E-state index is 0.238. The lowest BCUT2D eigenvalue weighted by Gasteiger charge is -2.22. The van der Waals surface area contributed by atoms with Crippen molar-refractivity contribution in [1.82, 2.24) is 4.72 Å². The minimum Gasteiger partial charge on any atom is -0.268 e. The Morgan fingerprint density at radius 2 is 1.95 bits per heavy atom. The van der Waals surface area contributed by atoms with Crippen molar-refractivity contribution in [3.8, 4) is 0 Å². The molecule has 3 rings (SSSR count). The van der Waals surface area contributed by atoms with E-state index in [-0.39, 0.29) is 11.2 Å². The van der Waals surface area contributed by atoms with Crippen molar-refractivity contribution in [3.05, 3.63) is 35.4 Å². The second kappa shape index (κ2) is 4.88. The standard InChI is InChI=1S/C15H19NO3S/c1-10-4-2-3-5-13(10)15(17)16-20(18,19)14-9-11-6-7-12(14)8-11/h2-5,11-12,14H,6-9H2,1H3,(H,16,17)/t11-,12+,14?/m1/s1. The van der Waals surface area contributed by atoms with Gasteiger partial charge in [0.25, 0.3) is 5.91 Å². The Bertz CT molecular complexity index is 638. The normalized spacial score (nSPS) is 28.6. The third-order valence-corrected chi connectivity index (χ3v) is 6.54. The highest BCUT2D eigenvalue weighted by Crippen LogP contribution is 2.47. The number of carbonyl (C=O) groups is 1. The van der Waals surface area contributed by atoms with Gasteiger partial charge in [-0.3, -0.25) is 4.79 Å². The number of carbonyl (C=O) groups excluding carboxylic acids is 1. The number of hydrogen-bond donors (Lipinski definition) is 1. The molecule has 2 aliphatic carbocycles. The van der Waals surface area contributed by atoms with Crippen molar-refractivity contribution >= 4 is 15.9 Å². The number of hydrogen-bond acceptors (Lipinski definition) is 3. The maximum Gasteiger partial charge on any atom is 0.264 e. The van der Waals surface area contributed by atoms with Gasteiger partial charge in [-0.2, -0.15) is 0 Å². The first-order valence-electron chi connectivity index (χ1n) is 7.09. The summed E-state index contributed by atoms with van der Waals surface area (Å²) >= 11 is 0. The lowest BCUT2D eigenvalue weighted by atomic mass is 10.0. The maximum absolute atomic E-state index is 12.4. The molecule has 0 heterocycles. The molecule has 0 aromatic heterocycles. The summed E-state index contributed by atoms with van der Waals surface area (Å²) < 4.78 is 27.0. The van der Waals surface area contributed by atoms with E-state index in [4.69, 9.17) is 0 Å². The number of fused-ring (bicyclic) bond motifs is 2. The van der Waals surface area contributed by atoms with Crippen molar-refractivity contribution in [3.63, 3.8) is 0 Å². The molecule has 0 spiro atoms. The van der Waals surface area contributed by atoms with Gasteiger partial charge in [0.1, 0.15) is 0 Å². The van der Waals surface area contributed by atoms with Crippen LogP contribution in [0.3, 0.4) is 0 Å². The van der Waals surface area contributed by atoms with E-state index in [0.717, 1.165) is 24.8 Å². The van der Waals surface area contributed by atoms with E-state index in [2.05, 4.69) is 4.72 Å². The second-order valence-corrected chi connectivity index (χ2v) is 7.90. The highest BCUT2D eigenvalue weighted by molar-refractivity contribution is 7.90. The predicted molar refractivity (Wildman–Crippen MR) is 76.8 cm³/mol. The summed E-state index contributed by atoms with van der Waals surface area (Å²) in [4.78, 5) is 12.2. The maximum atomic E-state index is 12.4. The number of rotatable bonds is 3. The third-order valence-electron chi connectivity index (χ3n) is 4.70. The highest BCUT2D eigenvalue weighted by Gasteiger charge is 2.46. The van der Waals surface area contributed by atoms with E-state index in [1.807, 2.05) is 6.07 Å². The Labute approximate surface area is 119 Å². The quantitative estimate of drug-likeness (QED) is 0.929. The van der Waals surface area contributed by atoms with E-state index in [1.54, 1.807) is 25.1 Å². The van der Waals surface area contributed by atoms with Crippen molar-refractivity contribution in [2.45, 2.75) is 37.9 Å². The summed E-state index contributed by atoms with van der Waals surface area (Å²) in [5.41, 5.74) is 1.22. The van der Waals surface area contributed by atoms with Gasteiger partial charge < -0.3 is 0 Å². The molecule has 5 heteroatoms. The van der Waals surface area contributed by atoms with Crippen LogP contribution in [0, 0.1) is 18.8 Å². The van der Waals surface area contributed by atoms with Crippen LogP contribution in [0.4, 0.5) is 0 Å². The molecule has 20 heavy (non-hydrogen) atoms. The van der Waals surface area contributed by atoms with Gasteiger partial charge in [-0.05, 0) is 49.7 Å². The van der Waals surface area contributed by atoms with Crippen molar-refractivity contribution in [2.24, 2.45) is 11.8 Å². The average Bonchev–Trinajstić information content (AvgIpc) is 3.01. The Balaban J connectivity index is 1.77. The molecule has 3 atom stereocenters. The molecule has 4 nitrogen and oxygen atoms in total. The SMILES string of the molecule is Cc1ccccc1C(=O)NS(=O)(=O)C1C[C@@H]2CC[C@H]1C2. The fourth-order valence-electron chi connectivity index (χ4n) is 3.65. The highest BCUT2D eigenvalue weighted by atomic mass is 32.2. The number of nitrogens with one attached hydrogen (secondary N) is 1. The molecular formula is C15H19NO3S. The average molecular weight is 293 g/mol. The van der Waals surface area contributed by atoms with Crippen LogP contribution in [0.25, 0.3) is 0 Å². The fourth-order valence-corrected chi connectivity index (χ4v) is 5.45. The lowest BCUT2D eigenvalue weighted by Crippen LogP contribution is -2.41. The number of aryl methyl sites for hydroxylation is 1. The monoisotopic (exact) mass is 293 g/mol. The predicted octanol–water partition coefficient (Wildman–Crippen LogP) is 2.24. The third kappa shape index (κ3) is 2.35. The Hall–Kier alpha value is -1.36. The van der Waals surface area contributed by atoms with Gasteiger partial charge >= 0.3 is 0 Å². The van der Waals surface area contributed by atoms with E-state index < -0.39 is 15.9 Å². The molecule has 1 N–H and O–H groups in total. The first-order chi connectivity index (χ1) is 9.47. The van der Waals surface area contributed by atoms with Gasteiger partial charge in [-0.25, -0.2) is 13.1 Å². The summed E-state index contributed by atoms with van der Waals surface area (Å²) in [6.45, 7) is 1.80. The summed E-state index contributed by atoms with van der Waals surface area (Å²) in [5, 5.41) is -0.380. The minimum atomic E-state index is -3.55. The van der Waals surface area contributed by atoms with Gasteiger partial charge in [-0.1, -0.05) is 24.6 Å². The van der Waals surface area contributed by atoms with Crippen LogP contribution in [-0.4, -0.2) is 19.6 Å². The summed E-state index contributed by atoms with van der Waals surface area (Å²) in [7, 11) is -3.55. The summed E-state index contributed by atoms with van der Waals surface area (Å²) in [6.07, 6.45) is 3.84. The van der Waals surface area contributed by atoms with Gasteiger partial charge in [-0.15, -0.1) is 0 Å². The largest absolute Gasteiger partial charge is 0.268 e. The molecule has 2 saturated carbocycles. The smallest absolute Gasteiger partial charge is 0.264 e. The van der Waals surface area contributed by atoms with Crippen molar-refractivity contribution < 1.29 is 13.2 Å². The van der Waals surface area contributed by atoms with Crippen LogP contribution < -0.4 is 4.72 Å². The summed E-state index contributed by atoms with van der Waals surface area (Å²) in [5.74, 6) is 0.267. The lowest BCUT2D eigenvalue weighted by molar-refractivity contribution is 0.0980. The fraction of sp³-hybridized carbons (Fsp3) is 0.533. The molecule has 0 aliphatic heterocycles. The van der Waals surface area contributed by atoms with Crippen LogP contribution in [0.15, 0.2) is 24.3 Å².